The van der Waals surface area contributed by atoms with Crippen LogP contribution in [0.1, 0.15) is 91.0 Å². The van der Waals surface area contributed by atoms with Gasteiger partial charge in [-0.25, -0.2) is 4.79 Å². The topological polar surface area (TPSA) is 87.7 Å². The molecule has 1 aromatic rings. The first-order chi connectivity index (χ1) is 16.1. The largest absolute Gasteiger partial charge is 0.444 e. The zero-order valence-corrected chi connectivity index (χ0v) is 23.2. The monoisotopic (exact) mass is 487 g/mol. The molecule has 1 fully saturated rings. The summed E-state index contributed by atoms with van der Waals surface area (Å²) in [5.41, 5.74) is 2.08. The maximum Gasteiger partial charge on any atom is 0.408 e. The van der Waals surface area contributed by atoms with Crippen molar-refractivity contribution in [1.82, 2.24) is 15.5 Å². The van der Waals surface area contributed by atoms with Crippen molar-refractivity contribution in [3.8, 4) is 0 Å². The number of nitrogens with one attached hydrogen (secondary N) is 2. The van der Waals surface area contributed by atoms with Crippen LogP contribution in [-0.2, 0) is 14.3 Å². The number of carbonyl (C=O) groups is 3. The Morgan fingerprint density at radius 2 is 1.60 bits per heavy atom. The van der Waals surface area contributed by atoms with Crippen molar-refractivity contribution in [2.24, 2.45) is 11.8 Å². The summed E-state index contributed by atoms with van der Waals surface area (Å²) in [4.78, 5) is 42.3. The molecule has 2 N–H and O–H groups in total. The Kier molecular flexibility index (Phi) is 9.37. The number of amides is 3. The molecule has 0 bridgehead atoms. The van der Waals surface area contributed by atoms with E-state index in [9.17, 15) is 14.4 Å². The molecule has 4 atom stereocenters. The van der Waals surface area contributed by atoms with E-state index >= 15 is 0 Å². The van der Waals surface area contributed by atoms with E-state index in [1.54, 1.807) is 25.7 Å². The summed E-state index contributed by atoms with van der Waals surface area (Å²) in [6.07, 6.45) is 0.639. The highest BCUT2D eigenvalue weighted by atomic mass is 16.6. The molecule has 1 aromatic carbocycles. The third-order valence-corrected chi connectivity index (χ3v) is 6.15. The predicted molar refractivity (Wildman–Crippen MR) is 139 cm³/mol. The van der Waals surface area contributed by atoms with Crippen LogP contribution < -0.4 is 10.6 Å². The van der Waals surface area contributed by atoms with Crippen LogP contribution in [0.25, 0.3) is 0 Å². The molecule has 0 radical (unpaired) electrons. The minimum absolute atomic E-state index is 0.0699. The van der Waals surface area contributed by atoms with Crippen LogP contribution in [-0.4, -0.2) is 46.5 Å². The highest BCUT2D eigenvalue weighted by Crippen LogP contribution is 2.42. The molecule has 4 unspecified atom stereocenters. The molecule has 1 saturated carbocycles. The van der Waals surface area contributed by atoms with Crippen LogP contribution in [0.15, 0.2) is 18.2 Å². The summed E-state index contributed by atoms with van der Waals surface area (Å²) in [7, 11) is 0. The molecule has 196 valence electrons. The molecule has 0 heterocycles. The Morgan fingerprint density at radius 1 is 1.06 bits per heavy atom. The lowest BCUT2D eigenvalue weighted by atomic mass is 9.92. The van der Waals surface area contributed by atoms with Gasteiger partial charge in [0, 0.05) is 12.1 Å². The van der Waals surface area contributed by atoms with Crippen molar-refractivity contribution in [2.45, 2.75) is 112 Å². The Balaban J connectivity index is 2.55. The number of nitrogens with zero attached hydrogens (tertiary/aromatic N) is 1. The number of benzene rings is 1. The number of aryl methyl sites for hydroxylation is 2. The van der Waals surface area contributed by atoms with Crippen molar-refractivity contribution in [2.75, 3.05) is 0 Å². The van der Waals surface area contributed by atoms with Crippen LogP contribution >= 0.6 is 0 Å². The van der Waals surface area contributed by atoms with E-state index in [1.807, 2.05) is 59.7 Å². The minimum atomic E-state index is -0.795. The second-order valence-corrected chi connectivity index (χ2v) is 11.7. The Hall–Kier alpha value is -2.57. The highest BCUT2D eigenvalue weighted by Gasteiger charge is 2.48. The Morgan fingerprint density at radius 3 is 2.03 bits per heavy atom. The number of carbonyl (C=O) groups excluding carboxylic acids is 3. The van der Waals surface area contributed by atoms with Gasteiger partial charge < -0.3 is 20.3 Å². The molecular weight excluding hydrogens is 442 g/mol. The van der Waals surface area contributed by atoms with Gasteiger partial charge in [-0.3, -0.25) is 9.59 Å². The van der Waals surface area contributed by atoms with E-state index in [-0.39, 0.29) is 35.7 Å². The molecule has 35 heavy (non-hydrogen) atoms. The van der Waals surface area contributed by atoms with E-state index in [4.69, 9.17) is 4.74 Å². The molecule has 1 aliphatic rings. The third kappa shape index (κ3) is 7.97. The van der Waals surface area contributed by atoms with Gasteiger partial charge in [0.1, 0.15) is 17.7 Å². The summed E-state index contributed by atoms with van der Waals surface area (Å²) in [6.45, 7) is 19.3. The molecule has 0 aromatic heterocycles. The summed E-state index contributed by atoms with van der Waals surface area (Å²) in [5, 5.41) is 5.85. The molecule has 7 nitrogen and oxygen atoms in total. The number of ether oxygens (including phenoxy) is 1. The average molecular weight is 488 g/mol. The van der Waals surface area contributed by atoms with Crippen LogP contribution in [0.3, 0.4) is 0 Å². The van der Waals surface area contributed by atoms with Crippen molar-refractivity contribution < 1.29 is 19.1 Å². The number of rotatable bonds is 9. The predicted octanol–water partition coefficient (Wildman–Crippen LogP) is 5.05. The first-order valence-electron chi connectivity index (χ1n) is 12.8. The second kappa shape index (κ2) is 11.4. The van der Waals surface area contributed by atoms with Crippen LogP contribution in [0.5, 0.6) is 0 Å². The summed E-state index contributed by atoms with van der Waals surface area (Å²) in [6, 6.07) is 4.19. The standard InChI is InChI=1S/C28H45N3O4/c1-16(2)14-21(30-27(34)35-28(8,9)10)26(33)31(22-15-20(22)7)24(25(32)29-17(3)4)23-18(5)12-11-13-19(23)6/h11-13,16-17,20-22,24H,14-15H2,1-10H3,(H,29,32)(H,30,34). The molecule has 1 aliphatic carbocycles. The third-order valence-electron chi connectivity index (χ3n) is 6.15. The molecule has 2 rings (SSSR count). The molecule has 3 amide bonds. The van der Waals surface area contributed by atoms with Crippen molar-refractivity contribution in [3.05, 3.63) is 34.9 Å². The van der Waals surface area contributed by atoms with Crippen molar-refractivity contribution >= 4 is 17.9 Å². The van der Waals surface area contributed by atoms with Gasteiger partial charge in [-0.05, 0) is 89.8 Å². The summed E-state index contributed by atoms with van der Waals surface area (Å²) < 4.78 is 5.46. The Labute approximate surface area is 211 Å². The number of hydrogen-bond donors (Lipinski definition) is 2. The van der Waals surface area contributed by atoms with Gasteiger partial charge in [-0.2, -0.15) is 0 Å². The maximum atomic E-state index is 14.2. The fourth-order valence-corrected chi connectivity index (χ4v) is 4.51. The molecule has 0 saturated heterocycles. The van der Waals surface area contributed by atoms with E-state index in [1.165, 1.54) is 0 Å². The molecule has 0 spiro atoms. The van der Waals surface area contributed by atoms with Gasteiger partial charge in [0.25, 0.3) is 0 Å². The van der Waals surface area contributed by atoms with E-state index in [0.717, 1.165) is 23.1 Å². The van der Waals surface area contributed by atoms with Gasteiger partial charge >= 0.3 is 6.09 Å². The van der Waals surface area contributed by atoms with Crippen LogP contribution in [0.2, 0.25) is 0 Å². The Bertz CT molecular complexity index is 899. The van der Waals surface area contributed by atoms with Crippen molar-refractivity contribution in [3.63, 3.8) is 0 Å². The molecular formula is C28H45N3O4. The lowest BCUT2D eigenvalue weighted by molar-refractivity contribution is -0.144. The van der Waals surface area contributed by atoms with Gasteiger partial charge in [-0.15, -0.1) is 0 Å². The SMILES string of the molecule is Cc1cccc(C)c1C(C(=O)NC(C)C)N(C(=O)C(CC(C)C)NC(=O)OC(C)(C)C)C1CC1C. The fourth-order valence-electron chi connectivity index (χ4n) is 4.51. The quantitative estimate of drug-likeness (QED) is 0.510. The smallest absolute Gasteiger partial charge is 0.408 e. The lowest BCUT2D eigenvalue weighted by Crippen LogP contribution is -2.55. The number of hydrogen-bond acceptors (Lipinski definition) is 4. The number of alkyl carbamates (subject to hydrolysis) is 1. The normalized spacial score (nSPS) is 19.2. The average Bonchev–Trinajstić information content (AvgIpc) is 3.39. The first-order valence-corrected chi connectivity index (χ1v) is 12.8. The van der Waals surface area contributed by atoms with Gasteiger partial charge in [0.2, 0.25) is 11.8 Å². The summed E-state index contributed by atoms with van der Waals surface area (Å²) >= 11 is 0. The van der Waals surface area contributed by atoms with E-state index in [2.05, 4.69) is 17.6 Å². The molecule has 7 heteroatoms. The first kappa shape index (κ1) is 28.7. The van der Waals surface area contributed by atoms with Gasteiger partial charge in [-0.1, -0.05) is 39.0 Å². The second-order valence-electron chi connectivity index (χ2n) is 11.7. The van der Waals surface area contributed by atoms with Crippen molar-refractivity contribution in [1.29, 1.82) is 0 Å². The van der Waals surface area contributed by atoms with Crippen LogP contribution in [0, 0.1) is 25.7 Å². The van der Waals surface area contributed by atoms with E-state index < -0.39 is 23.8 Å². The zero-order valence-electron chi connectivity index (χ0n) is 23.2. The zero-order chi connectivity index (χ0) is 26.7. The van der Waals surface area contributed by atoms with Crippen LogP contribution in [0.4, 0.5) is 4.79 Å². The molecule has 0 aliphatic heterocycles. The highest BCUT2D eigenvalue weighted by molar-refractivity contribution is 5.93. The van der Waals surface area contributed by atoms with E-state index in [0.29, 0.717) is 6.42 Å². The van der Waals surface area contributed by atoms with Gasteiger partial charge in [0.05, 0.1) is 0 Å². The lowest BCUT2D eigenvalue weighted by Gasteiger charge is -2.37. The van der Waals surface area contributed by atoms with Gasteiger partial charge in [0.15, 0.2) is 0 Å². The fraction of sp³-hybridized carbons (Fsp3) is 0.679. The minimum Gasteiger partial charge on any atom is -0.444 e. The summed E-state index contributed by atoms with van der Waals surface area (Å²) in [5.74, 6) is -0.0183. The maximum absolute atomic E-state index is 14.2.